The van der Waals surface area contributed by atoms with Gasteiger partial charge in [0.1, 0.15) is 11.5 Å². The van der Waals surface area contributed by atoms with Crippen LogP contribution < -0.4 is 5.32 Å². The average molecular weight is 193 g/mol. The van der Waals surface area contributed by atoms with Gasteiger partial charge in [0.05, 0.1) is 0 Å². The van der Waals surface area contributed by atoms with Gasteiger partial charge >= 0.3 is 0 Å². The highest BCUT2D eigenvalue weighted by Gasteiger charge is 2.34. The molecule has 1 atom stereocenters. The number of aryl methyl sites for hydroxylation is 1. The lowest BCUT2D eigenvalue weighted by Gasteiger charge is -2.31. The van der Waals surface area contributed by atoms with Crippen LogP contribution in [0.1, 0.15) is 31.3 Å². The summed E-state index contributed by atoms with van der Waals surface area (Å²) in [5.74, 6) is 2.05. The highest BCUT2D eigenvalue weighted by atomic mass is 16.3. The van der Waals surface area contributed by atoms with Gasteiger partial charge in [-0.1, -0.05) is 6.92 Å². The molecule has 1 amide bonds. The average Bonchev–Trinajstić information content (AvgIpc) is 2.58. The van der Waals surface area contributed by atoms with E-state index < -0.39 is 0 Å². The van der Waals surface area contributed by atoms with E-state index in [9.17, 15) is 4.79 Å². The number of amides is 1. The first kappa shape index (κ1) is 9.31. The van der Waals surface area contributed by atoms with Gasteiger partial charge in [-0.2, -0.15) is 0 Å². The van der Waals surface area contributed by atoms with Crippen LogP contribution in [0.25, 0.3) is 0 Å². The van der Waals surface area contributed by atoms with E-state index in [4.69, 9.17) is 4.42 Å². The first-order valence-corrected chi connectivity index (χ1v) is 4.94. The third-order valence-electron chi connectivity index (χ3n) is 2.91. The molecule has 2 heterocycles. The van der Waals surface area contributed by atoms with Crippen molar-refractivity contribution < 1.29 is 9.21 Å². The number of carbonyl (C=O) groups excluding carboxylic acids is 1. The van der Waals surface area contributed by atoms with Gasteiger partial charge in [-0.05, 0) is 25.5 Å². The van der Waals surface area contributed by atoms with Crippen LogP contribution in [-0.2, 0) is 10.2 Å². The summed E-state index contributed by atoms with van der Waals surface area (Å²) in [7, 11) is 0. The minimum atomic E-state index is -0.0256. The molecule has 0 aliphatic carbocycles. The lowest BCUT2D eigenvalue weighted by molar-refractivity contribution is -0.123. The molecule has 1 unspecified atom stereocenters. The molecular formula is C11H15NO2. The Morgan fingerprint density at radius 2 is 2.29 bits per heavy atom. The van der Waals surface area contributed by atoms with E-state index in [1.807, 2.05) is 19.1 Å². The summed E-state index contributed by atoms with van der Waals surface area (Å²) in [6.45, 7) is 4.75. The van der Waals surface area contributed by atoms with Gasteiger partial charge in [0.2, 0.25) is 5.91 Å². The Bertz CT molecular complexity index is 344. The summed E-state index contributed by atoms with van der Waals surface area (Å²) in [5, 5.41) is 2.88. The highest BCUT2D eigenvalue weighted by molar-refractivity contribution is 5.77. The van der Waals surface area contributed by atoms with Crippen molar-refractivity contribution in [3.8, 4) is 0 Å². The molecule has 0 spiro atoms. The lowest BCUT2D eigenvalue weighted by atomic mass is 9.80. The molecule has 1 N–H and O–H groups in total. The molecule has 1 saturated heterocycles. The minimum absolute atomic E-state index is 0.0256. The SMILES string of the molecule is Cc1ccc(C2(C)CCC(=O)NC2)o1. The van der Waals surface area contributed by atoms with Crippen molar-refractivity contribution in [2.24, 2.45) is 0 Å². The van der Waals surface area contributed by atoms with E-state index in [2.05, 4.69) is 12.2 Å². The van der Waals surface area contributed by atoms with Crippen LogP contribution in [0.5, 0.6) is 0 Å². The minimum Gasteiger partial charge on any atom is -0.466 e. The second-order valence-corrected chi connectivity index (χ2v) is 4.25. The van der Waals surface area contributed by atoms with Gasteiger partial charge in [-0.3, -0.25) is 4.79 Å². The molecular weight excluding hydrogens is 178 g/mol. The first-order chi connectivity index (χ1) is 6.60. The standard InChI is InChI=1S/C11H15NO2/c1-8-3-4-9(14-8)11(2)6-5-10(13)12-7-11/h3-4H,5-7H2,1-2H3,(H,12,13). The molecule has 3 nitrogen and oxygen atoms in total. The summed E-state index contributed by atoms with van der Waals surface area (Å²) in [6, 6.07) is 3.98. The molecule has 1 aliphatic heterocycles. The Morgan fingerprint density at radius 1 is 1.50 bits per heavy atom. The molecule has 1 fully saturated rings. The molecule has 0 bridgehead atoms. The Kier molecular flexibility index (Phi) is 2.10. The van der Waals surface area contributed by atoms with E-state index in [0.717, 1.165) is 17.9 Å². The summed E-state index contributed by atoms with van der Waals surface area (Å²) in [6.07, 6.45) is 1.46. The number of rotatable bonds is 1. The molecule has 1 aromatic rings. The second-order valence-electron chi connectivity index (χ2n) is 4.25. The van der Waals surface area contributed by atoms with Crippen LogP contribution in [-0.4, -0.2) is 12.5 Å². The van der Waals surface area contributed by atoms with Gasteiger partial charge in [0.25, 0.3) is 0 Å². The Morgan fingerprint density at radius 3 is 2.79 bits per heavy atom. The molecule has 14 heavy (non-hydrogen) atoms. The molecule has 1 aromatic heterocycles. The Labute approximate surface area is 83.5 Å². The van der Waals surface area contributed by atoms with E-state index in [0.29, 0.717) is 13.0 Å². The zero-order valence-electron chi connectivity index (χ0n) is 8.59. The predicted octanol–water partition coefficient (Wildman–Crippen LogP) is 1.76. The van der Waals surface area contributed by atoms with Crippen LogP contribution in [0.2, 0.25) is 0 Å². The lowest BCUT2D eigenvalue weighted by Crippen LogP contribution is -2.44. The maximum Gasteiger partial charge on any atom is 0.220 e. The van der Waals surface area contributed by atoms with Crippen molar-refractivity contribution in [1.29, 1.82) is 0 Å². The summed E-state index contributed by atoms with van der Waals surface area (Å²) in [5.41, 5.74) is -0.0256. The number of piperidine rings is 1. The topological polar surface area (TPSA) is 42.2 Å². The molecule has 1 aliphatic rings. The molecule has 0 aromatic carbocycles. The summed E-state index contributed by atoms with van der Waals surface area (Å²) in [4.78, 5) is 11.0. The van der Waals surface area contributed by atoms with E-state index >= 15 is 0 Å². The molecule has 2 rings (SSSR count). The number of carbonyl (C=O) groups is 1. The highest BCUT2D eigenvalue weighted by Crippen LogP contribution is 2.31. The molecule has 3 heteroatoms. The van der Waals surface area contributed by atoms with Gasteiger partial charge in [0.15, 0.2) is 0 Å². The fourth-order valence-corrected chi connectivity index (χ4v) is 1.83. The molecule has 0 radical (unpaired) electrons. The number of furan rings is 1. The zero-order valence-corrected chi connectivity index (χ0v) is 8.59. The maximum absolute atomic E-state index is 11.0. The van der Waals surface area contributed by atoms with Crippen molar-refractivity contribution in [2.75, 3.05) is 6.54 Å². The van der Waals surface area contributed by atoms with Gasteiger partial charge in [-0.25, -0.2) is 0 Å². The van der Waals surface area contributed by atoms with Crippen molar-refractivity contribution in [3.05, 3.63) is 23.7 Å². The van der Waals surface area contributed by atoms with Crippen LogP contribution in [0.4, 0.5) is 0 Å². The van der Waals surface area contributed by atoms with Crippen LogP contribution >= 0.6 is 0 Å². The zero-order chi connectivity index (χ0) is 10.2. The Balaban J connectivity index is 2.20. The van der Waals surface area contributed by atoms with Crippen LogP contribution in [0.3, 0.4) is 0 Å². The Hall–Kier alpha value is -1.25. The summed E-state index contributed by atoms with van der Waals surface area (Å²) >= 11 is 0. The first-order valence-electron chi connectivity index (χ1n) is 4.94. The van der Waals surface area contributed by atoms with Crippen molar-refractivity contribution in [3.63, 3.8) is 0 Å². The van der Waals surface area contributed by atoms with Gasteiger partial charge in [-0.15, -0.1) is 0 Å². The van der Waals surface area contributed by atoms with Gasteiger partial charge < -0.3 is 9.73 Å². The van der Waals surface area contributed by atoms with Crippen molar-refractivity contribution in [1.82, 2.24) is 5.32 Å². The van der Waals surface area contributed by atoms with Crippen molar-refractivity contribution in [2.45, 2.75) is 32.1 Å². The van der Waals surface area contributed by atoms with Crippen LogP contribution in [0.15, 0.2) is 16.5 Å². The van der Waals surface area contributed by atoms with E-state index in [1.54, 1.807) is 0 Å². The third kappa shape index (κ3) is 1.54. The number of hydrogen-bond donors (Lipinski definition) is 1. The maximum atomic E-state index is 11.0. The van der Waals surface area contributed by atoms with Gasteiger partial charge in [0, 0.05) is 18.4 Å². The van der Waals surface area contributed by atoms with Crippen molar-refractivity contribution >= 4 is 5.91 Å². The van der Waals surface area contributed by atoms with E-state index in [1.165, 1.54) is 0 Å². The quantitative estimate of drug-likeness (QED) is 0.738. The monoisotopic (exact) mass is 193 g/mol. The molecule has 0 saturated carbocycles. The molecule has 76 valence electrons. The second kappa shape index (κ2) is 3.15. The number of hydrogen-bond acceptors (Lipinski definition) is 2. The van der Waals surface area contributed by atoms with Crippen LogP contribution in [0, 0.1) is 6.92 Å². The predicted molar refractivity (Wildman–Crippen MR) is 53.0 cm³/mol. The summed E-state index contributed by atoms with van der Waals surface area (Å²) < 4.78 is 5.61. The largest absolute Gasteiger partial charge is 0.466 e. The fourth-order valence-electron chi connectivity index (χ4n) is 1.83. The fraction of sp³-hybridized carbons (Fsp3) is 0.545. The number of nitrogens with one attached hydrogen (secondary N) is 1. The van der Waals surface area contributed by atoms with E-state index in [-0.39, 0.29) is 11.3 Å². The smallest absolute Gasteiger partial charge is 0.220 e. The normalized spacial score (nSPS) is 27.4. The third-order valence-corrected chi connectivity index (χ3v) is 2.91.